The molecule has 2 amide bonds. The van der Waals surface area contributed by atoms with Gasteiger partial charge in [0.1, 0.15) is 0 Å². The van der Waals surface area contributed by atoms with E-state index in [0.29, 0.717) is 18.5 Å². The van der Waals surface area contributed by atoms with Gasteiger partial charge in [-0.25, -0.2) is 10.5 Å². The summed E-state index contributed by atoms with van der Waals surface area (Å²) in [5.74, 6) is 5.50. The van der Waals surface area contributed by atoms with Gasteiger partial charge in [0.2, 0.25) is 5.91 Å². The summed E-state index contributed by atoms with van der Waals surface area (Å²) in [5.41, 5.74) is 4.79. The minimum Gasteiger partial charge on any atom is -0.352 e. The van der Waals surface area contributed by atoms with Crippen molar-refractivity contribution in [2.45, 2.75) is 12.8 Å². The molecule has 1 heterocycles. The molecule has 3 aromatic rings. The number of nitrogens with one attached hydrogen (secondary N) is 2. The van der Waals surface area contributed by atoms with E-state index in [1.165, 1.54) is 0 Å². The van der Waals surface area contributed by atoms with Crippen LogP contribution in [-0.2, 0) is 4.79 Å². The van der Waals surface area contributed by atoms with Crippen LogP contribution in [0.2, 0.25) is 0 Å². The number of aromatic nitrogens is 2. The number of hydrogen-bond acceptors (Lipinski definition) is 4. The molecule has 7 nitrogen and oxygen atoms in total. The number of carbonyl (C=O) groups excluding carboxylic acids is 2. The zero-order chi connectivity index (χ0) is 20.5. The SMILES string of the molecule is O=C(CCCNC(=O)c1ccc(C#Cc2ccc(-n3ccnc3)cc2)cc1)NO. The number of carbonyl (C=O) groups is 2. The van der Waals surface area contributed by atoms with E-state index in [1.54, 1.807) is 42.3 Å². The summed E-state index contributed by atoms with van der Waals surface area (Å²) in [4.78, 5) is 27.0. The molecular formula is C22H20N4O3. The highest BCUT2D eigenvalue weighted by atomic mass is 16.5. The van der Waals surface area contributed by atoms with E-state index in [9.17, 15) is 9.59 Å². The molecule has 0 unspecified atom stereocenters. The highest BCUT2D eigenvalue weighted by molar-refractivity contribution is 5.94. The Bertz CT molecular complexity index is 1010. The smallest absolute Gasteiger partial charge is 0.251 e. The third-order valence-corrected chi connectivity index (χ3v) is 4.16. The van der Waals surface area contributed by atoms with Crippen molar-refractivity contribution in [2.24, 2.45) is 0 Å². The summed E-state index contributed by atoms with van der Waals surface area (Å²) < 4.78 is 1.92. The molecule has 0 saturated heterocycles. The molecule has 0 atom stereocenters. The Hall–Kier alpha value is -3.89. The molecule has 0 fully saturated rings. The fourth-order valence-electron chi connectivity index (χ4n) is 2.59. The van der Waals surface area contributed by atoms with E-state index in [2.05, 4.69) is 22.1 Å². The molecule has 1 aromatic heterocycles. The second-order valence-corrected chi connectivity index (χ2v) is 6.24. The summed E-state index contributed by atoms with van der Waals surface area (Å²) >= 11 is 0. The van der Waals surface area contributed by atoms with Crippen LogP contribution in [0, 0.1) is 11.8 Å². The van der Waals surface area contributed by atoms with Gasteiger partial charge in [-0.05, 0) is 55.0 Å². The lowest BCUT2D eigenvalue weighted by Gasteiger charge is -2.05. The normalized spacial score (nSPS) is 9.97. The first-order valence-corrected chi connectivity index (χ1v) is 9.07. The first kappa shape index (κ1) is 19.9. The number of hydrogen-bond donors (Lipinski definition) is 3. The Balaban J connectivity index is 1.54. The van der Waals surface area contributed by atoms with Gasteiger partial charge in [-0.3, -0.25) is 14.8 Å². The van der Waals surface area contributed by atoms with Gasteiger partial charge in [0.15, 0.2) is 0 Å². The molecule has 2 aromatic carbocycles. The molecule has 0 radical (unpaired) electrons. The Morgan fingerprint density at radius 2 is 1.66 bits per heavy atom. The van der Waals surface area contributed by atoms with Crippen LogP contribution in [0.15, 0.2) is 67.3 Å². The van der Waals surface area contributed by atoms with Crippen molar-refractivity contribution in [3.8, 4) is 17.5 Å². The number of benzene rings is 2. The molecule has 3 rings (SSSR count). The number of rotatable bonds is 6. The zero-order valence-corrected chi connectivity index (χ0v) is 15.6. The molecule has 0 aliphatic carbocycles. The van der Waals surface area contributed by atoms with Crippen molar-refractivity contribution in [2.75, 3.05) is 6.54 Å². The molecule has 3 N–H and O–H groups in total. The lowest BCUT2D eigenvalue weighted by atomic mass is 10.1. The lowest BCUT2D eigenvalue weighted by Crippen LogP contribution is -2.26. The van der Waals surface area contributed by atoms with Crippen molar-refractivity contribution in [3.05, 3.63) is 83.9 Å². The van der Waals surface area contributed by atoms with Gasteiger partial charge in [0, 0.05) is 47.7 Å². The number of amides is 2. The topological polar surface area (TPSA) is 96.2 Å². The van der Waals surface area contributed by atoms with Crippen molar-refractivity contribution in [3.63, 3.8) is 0 Å². The second-order valence-electron chi connectivity index (χ2n) is 6.24. The average molecular weight is 388 g/mol. The quantitative estimate of drug-likeness (QED) is 0.261. The predicted molar refractivity (Wildman–Crippen MR) is 107 cm³/mol. The molecule has 7 heteroatoms. The Morgan fingerprint density at radius 1 is 1.00 bits per heavy atom. The van der Waals surface area contributed by atoms with Crippen LogP contribution in [0.3, 0.4) is 0 Å². The van der Waals surface area contributed by atoms with E-state index >= 15 is 0 Å². The van der Waals surface area contributed by atoms with Crippen LogP contribution in [0.25, 0.3) is 5.69 Å². The molecule has 0 aliphatic heterocycles. The lowest BCUT2D eigenvalue weighted by molar-refractivity contribution is -0.129. The summed E-state index contributed by atoms with van der Waals surface area (Å²) in [6.07, 6.45) is 5.94. The van der Waals surface area contributed by atoms with Crippen molar-refractivity contribution in [1.29, 1.82) is 0 Å². The van der Waals surface area contributed by atoms with E-state index in [-0.39, 0.29) is 12.3 Å². The fourth-order valence-corrected chi connectivity index (χ4v) is 2.59. The van der Waals surface area contributed by atoms with Gasteiger partial charge < -0.3 is 9.88 Å². The summed E-state index contributed by atoms with van der Waals surface area (Å²) in [7, 11) is 0. The maximum Gasteiger partial charge on any atom is 0.251 e. The second kappa shape index (κ2) is 9.88. The van der Waals surface area contributed by atoms with Crippen LogP contribution in [0.1, 0.15) is 34.3 Å². The Kier molecular flexibility index (Phi) is 6.76. The van der Waals surface area contributed by atoms with Crippen LogP contribution >= 0.6 is 0 Å². The monoisotopic (exact) mass is 388 g/mol. The fraction of sp³-hybridized carbons (Fsp3) is 0.136. The zero-order valence-electron chi connectivity index (χ0n) is 15.6. The molecule has 0 aliphatic rings. The van der Waals surface area contributed by atoms with E-state index in [0.717, 1.165) is 16.8 Å². The van der Waals surface area contributed by atoms with E-state index < -0.39 is 5.91 Å². The number of nitrogens with zero attached hydrogens (tertiary/aromatic N) is 2. The van der Waals surface area contributed by atoms with Crippen molar-refractivity contribution in [1.82, 2.24) is 20.3 Å². The Morgan fingerprint density at radius 3 is 2.24 bits per heavy atom. The molecule has 0 saturated carbocycles. The van der Waals surface area contributed by atoms with Gasteiger partial charge >= 0.3 is 0 Å². The summed E-state index contributed by atoms with van der Waals surface area (Å²) in [6, 6.07) is 14.8. The third kappa shape index (κ3) is 5.79. The van der Waals surface area contributed by atoms with Crippen LogP contribution in [0.4, 0.5) is 0 Å². The predicted octanol–water partition coefficient (Wildman–Crippen LogP) is 2.29. The maximum atomic E-state index is 12.1. The molecule has 146 valence electrons. The Labute approximate surface area is 168 Å². The van der Waals surface area contributed by atoms with Crippen LogP contribution in [-0.4, -0.2) is 33.1 Å². The average Bonchev–Trinajstić information content (AvgIpc) is 3.30. The first-order chi connectivity index (χ1) is 14.2. The molecule has 0 bridgehead atoms. The van der Waals surface area contributed by atoms with Crippen molar-refractivity contribution < 1.29 is 14.8 Å². The van der Waals surface area contributed by atoms with Crippen molar-refractivity contribution >= 4 is 11.8 Å². The van der Waals surface area contributed by atoms with Crippen LogP contribution in [0.5, 0.6) is 0 Å². The summed E-state index contributed by atoms with van der Waals surface area (Å²) in [5, 5.41) is 11.1. The summed E-state index contributed by atoms with van der Waals surface area (Å²) in [6.45, 7) is 0.350. The minimum absolute atomic E-state index is 0.147. The highest BCUT2D eigenvalue weighted by Gasteiger charge is 2.05. The van der Waals surface area contributed by atoms with Gasteiger partial charge in [0.05, 0.1) is 6.33 Å². The molecule has 29 heavy (non-hydrogen) atoms. The number of hydroxylamine groups is 1. The standard InChI is InChI=1S/C22H20N4O3/c27-21(25-29)2-1-13-24-22(28)19-9-5-17(6-10-19)3-4-18-7-11-20(12-8-18)26-15-14-23-16-26/h5-12,14-16,29H,1-2,13H2,(H,24,28)(H,25,27). The van der Waals surface area contributed by atoms with Gasteiger partial charge in [-0.15, -0.1) is 0 Å². The first-order valence-electron chi connectivity index (χ1n) is 9.07. The van der Waals surface area contributed by atoms with E-state index in [4.69, 9.17) is 5.21 Å². The van der Waals surface area contributed by atoms with Crippen LogP contribution < -0.4 is 10.8 Å². The van der Waals surface area contributed by atoms with Gasteiger partial charge in [0.25, 0.3) is 5.91 Å². The van der Waals surface area contributed by atoms with E-state index in [1.807, 2.05) is 35.0 Å². The number of imidazole rings is 1. The maximum absolute atomic E-state index is 12.1. The highest BCUT2D eigenvalue weighted by Crippen LogP contribution is 2.09. The van der Waals surface area contributed by atoms with Gasteiger partial charge in [-0.2, -0.15) is 0 Å². The third-order valence-electron chi connectivity index (χ3n) is 4.16. The molecular weight excluding hydrogens is 368 g/mol. The minimum atomic E-state index is -0.474. The van der Waals surface area contributed by atoms with Gasteiger partial charge in [-0.1, -0.05) is 11.8 Å². The molecule has 0 spiro atoms. The largest absolute Gasteiger partial charge is 0.352 e.